The first-order chi connectivity index (χ1) is 13.2. The van der Waals surface area contributed by atoms with Gasteiger partial charge in [0.1, 0.15) is 17.9 Å². The summed E-state index contributed by atoms with van der Waals surface area (Å²) in [6.07, 6.45) is 0.0462. The number of anilines is 1. The molecule has 1 aliphatic heterocycles. The number of ether oxygens (including phenoxy) is 3. The Labute approximate surface area is 165 Å². The molecule has 154 valence electrons. The second-order valence-electron chi connectivity index (χ2n) is 7.58. The molecular formula is C20H28N2O6. The molecule has 1 atom stereocenters. The Kier molecular flexibility index (Phi) is 6.88. The fourth-order valence-electron chi connectivity index (χ4n) is 3.00. The van der Waals surface area contributed by atoms with E-state index in [4.69, 9.17) is 14.2 Å². The molecule has 2 rings (SSSR count). The van der Waals surface area contributed by atoms with Crippen molar-refractivity contribution in [1.29, 1.82) is 0 Å². The number of carbonyl (C=O) groups is 3. The van der Waals surface area contributed by atoms with Gasteiger partial charge in [0.2, 0.25) is 5.91 Å². The smallest absolute Gasteiger partial charge is 0.410 e. The molecule has 8 heteroatoms. The maximum absolute atomic E-state index is 13.2. The van der Waals surface area contributed by atoms with Gasteiger partial charge in [-0.2, -0.15) is 0 Å². The maximum Gasteiger partial charge on any atom is 0.410 e. The van der Waals surface area contributed by atoms with Crippen LogP contribution in [0.15, 0.2) is 24.3 Å². The quantitative estimate of drug-likeness (QED) is 0.716. The first-order valence-corrected chi connectivity index (χ1v) is 9.15. The lowest BCUT2D eigenvalue weighted by molar-refractivity contribution is -0.140. The summed E-state index contributed by atoms with van der Waals surface area (Å²) in [6.45, 7) is 5.80. The number of methoxy groups -OCH3 is 2. The molecule has 2 amide bonds. The minimum absolute atomic E-state index is 0.237. The summed E-state index contributed by atoms with van der Waals surface area (Å²) in [7, 11) is 2.77. The van der Waals surface area contributed by atoms with Gasteiger partial charge in [-0.05, 0) is 39.3 Å². The van der Waals surface area contributed by atoms with Crippen molar-refractivity contribution in [2.24, 2.45) is 5.92 Å². The topological polar surface area (TPSA) is 85.4 Å². The van der Waals surface area contributed by atoms with E-state index in [0.717, 1.165) is 0 Å². The Bertz CT molecular complexity index is 728. The van der Waals surface area contributed by atoms with Crippen LogP contribution in [0.5, 0.6) is 5.75 Å². The molecule has 0 aromatic heterocycles. The highest BCUT2D eigenvalue weighted by molar-refractivity contribution is 6.00. The molecule has 0 unspecified atom stereocenters. The van der Waals surface area contributed by atoms with Crippen LogP contribution in [0.2, 0.25) is 0 Å². The molecule has 1 heterocycles. The van der Waals surface area contributed by atoms with E-state index in [-0.39, 0.29) is 19.0 Å². The van der Waals surface area contributed by atoms with Gasteiger partial charge in [0, 0.05) is 13.1 Å². The molecule has 0 aliphatic carbocycles. The molecule has 0 radical (unpaired) electrons. The van der Waals surface area contributed by atoms with Crippen molar-refractivity contribution in [1.82, 2.24) is 4.90 Å². The van der Waals surface area contributed by atoms with Crippen molar-refractivity contribution in [3.05, 3.63) is 24.3 Å². The third-order valence-electron chi connectivity index (χ3n) is 4.35. The fourth-order valence-corrected chi connectivity index (χ4v) is 3.00. The molecule has 1 fully saturated rings. The number of nitrogens with zero attached hydrogens (tertiary/aromatic N) is 2. The molecular weight excluding hydrogens is 364 g/mol. The number of benzene rings is 1. The zero-order valence-electron chi connectivity index (χ0n) is 17.1. The average molecular weight is 392 g/mol. The number of carbonyl (C=O) groups excluding carboxylic acids is 3. The molecule has 1 aromatic rings. The number of hydrogen-bond donors (Lipinski definition) is 0. The largest absolute Gasteiger partial charge is 0.495 e. The number of likely N-dealkylation sites (tertiary alicyclic amines) is 1. The standard InChI is InChI=1S/C20H28N2O6/c1-20(2,3)28-19(25)21-11-10-14(12-21)18(24)22(13-17(23)27-5)15-8-6-7-9-16(15)26-4/h6-9,14H,10-13H2,1-5H3/t14-/m0/s1. The van der Waals surface area contributed by atoms with Crippen LogP contribution in [0, 0.1) is 5.92 Å². The maximum atomic E-state index is 13.2. The van der Waals surface area contributed by atoms with E-state index in [2.05, 4.69) is 0 Å². The zero-order chi connectivity index (χ0) is 20.9. The van der Waals surface area contributed by atoms with Crippen molar-refractivity contribution < 1.29 is 28.6 Å². The van der Waals surface area contributed by atoms with Crippen molar-refractivity contribution in [2.75, 3.05) is 38.8 Å². The molecule has 1 saturated heterocycles. The number of rotatable bonds is 5. The molecule has 8 nitrogen and oxygen atoms in total. The summed E-state index contributed by atoms with van der Waals surface area (Å²) in [5, 5.41) is 0. The predicted octanol–water partition coefficient (Wildman–Crippen LogP) is 2.46. The van der Waals surface area contributed by atoms with Crippen molar-refractivity contribution >= 4 is 23.7 Å². The first-order valence-electron chi connectivity index (χ1n) is 9.15. The van der Waals surface area contributed by atoms with Crippen molar-refractivity contribution in [3.63, 3.8) is 0 Å². The molecule has 1 aromatic carbocycles. The third kappa shape index (κ3) is 5.37. The summed E-state index contributed by atoms with van der Waals surface area (Å²) >= 11 is 0. The summed E-state index contributed by atoms with van der Waals surface area (Å²) in [4.78, 5) is 40.3. The Morgan fingerprint density at radius 2 is 1.86 bits per heavy atom. The van der Waals surface area contributed by atoms with Crippen LogP contribution in [-0.2, 0) is 19.1 Å². The molecule has 0 N–H and O–H groups in total. The molecule has 0 saturated carbocycles. The Morgan fingerprint density at radius 1 is 1.18 bits per heavy atom. The predicted molar refractivity (Wildman–Crippen MR) is 103 cm³/mol. The lowest BCUT2D eigenvalue weighted by Gasteiger charge is -2.27. The van der Waals surface area contributed by atoms with Crippen LogP contribution in [0.1, 0.15) is 27.2 Å². The summed E-state index contributed by atoms with van der Waals surface area (Å²) in [5.41, 5.74) is -0.121. The second kappa shape index (κ2) is 8.95. The van der Waals surface area contributed by atoms with Gasteiger partial charge in [0.15, 0.2) is 0 Å². The van der Waals surface area contributed by atoms with E-state index in [1.165, 1.54) is 24.0 Å². The van der Waals surface area contributed by atoms with Gasteiger partial charge < -0.3 is 19.1 Å². The minimum atomic E-state index is -0.604. The minimum Gasteiger partial charge on any atom is -0.495 e. The summed E-state index contributed by atoms with van der Waals surface area (Å²) in [5.74, 6) is -0.772. The third-order valence-corrected chi connectivity index (χ3v) is 4.35. The number of hydrogen-bond acceptors (Lipinski definition) is 6. The average Bonchev–Trinajstić information content (AvgIpc) is 3.14. The Balaban J connectivity index is 2.19. The van der Waals surface area contributed by atoms with E-state index < -0.39 is 23.6 Å². The highest BCUT2D eigenvalue weighted by atomic mass is 16.6. The van der Waals surface area contributed by atoms with Crippen LogP contribution in [-0.4, -0.2) is 62.3 Å². The summed E-state index contributed by atoms with van der Waals surface area (Å²) < 4.78 is 15.5. The molecule has 1 aliphatic rings. The van der Waals surface area contributed by atoms with Gasteiger partial charge in [0.25, 0.3) is 0 Å². The molecule has 28 heavy (non-hydrogen) atoms. The van der Waals surface area contributed by atoms with Crippen molar-refractivity contribution in [3.8, 4) is 5.75 Å². The Hall–Kier alpha value is -2.77. The summed E-state index contributed by atoms with van der Waals surface area (Å²) in [6, 6.07) is 6.97. The highest BCUT2D eigenvalue weighted by Crippen LogP contribution is 2.31. The van der Waals surface area contributed by atoms with Crippen molar-refractivity contribution in [2.45, 2.75) is 32.8 Å². The Morgan fingerprint density at radius 3 is 2.46 bits per heavy atom. The lowest BCUT2D eigenvalue weighted by Crippen LogP contribution is -2.42. The van der Waals surface area contributed by atoms with E-state index in [1.54, 1.807) is 45.0 Å². The zero-order valence-corrected chi connectivity index (χ0v) is 17.1. The van der Waals surface area contributed by atoms with Gasteiger partial charge in [-0.25, -0.2) is 4.79 Å². The monoisotopic (exact) mass is 392 g/mol. The van der Waals surface area contributed by atoms with Crippen LogP contribution in [0.4, 0.5) is 10.5 Å². The van der Waals surface area contributed by atoms with E-state index in [0.29, 0.717) is 24.4 Å². The fraction of sp³-hybridized carbons (Fsp3) is 0.550. The van der Waals surface area contributed by atoms with Gasteiger partial charge in [0.05, 0.1) is 25.8 Å². The van der Waals surface area contributed by atoms with E-state index >= 15 is 0 Å². The highest BCUT2D eigenvalue weighted by Gasteiger charge is 2.37. The number of amides is 2. The van der Waals surface area contributed by atoms with Gasteiger partial charge >= 0.3 is 12.1 Å². The SMILES string of the molecule is COC(=O)CN(C(=O)[C@H]1CCN(C(=O)OC(C)(C)C)C1)c1ccccc1OC. The van der Waals surface area contributed by atoms with Gasteiger partial charge in [-0.3, -0.25) is 14.5 Å². The van der Waals surface area contributed by atoms with Crippen LogP contribution < -0.4 is 9.64 Å². The number of para-hydroxylation sites is 2. The lowest BCUT2D eigenvalue weighted by atomic mass is 10.1. The van der Waals surface area contributed by atoms with Crippen LogP contribution in [0.25, 0.3) is 0 Å². The van der Waals surface area contributed by atoms with Gasteiger partial charge in [-0.1, -0.05) is 12.1 Å². The normalized spacial score (nSPS) is 16.5. The van der Waals surface area contributed by atoms with Crippen LogP contribution in [0.3, 0.4) is 0 Å². The van der Waals surface area contributed by atoms with E-state index in [1.807, 2.05) is 0 Å². The van der Waals surface area contributed by atoms with Gasteiger partial charge in [-0.15, -0.1) is 0 Å². The molecule has 0 spiro atoms. The van der Waals surface area contributed by atoms with Crippen LogP contribution >= 0.6 is 0 Å². The van der Waals surface area contributed by atoms with E-state index in [9.17, 15) is 14.4 Å². The molecule has 0 bridgehead atoms. The second-order valence-corrected chi connectivity index (χ2v) is 7.58. The first kappa shape index (κ1) is 21.5. The number of esters is 1.